The van der Waals surface area contributed by atoms with E-state index in [2.05, 4.69) is 41.3 Å². The molecule has 0 saturated carbocycles. The van der Waals surface area contributed by atoms with Crippen molar-refractivity contribution in [1.82, 2.24) is 15.2 Å². The summed E-state index contributed by atoms with van der Waals surface area (Å²) in [4.78, 5) is 4.12. The highest BCUT2D eigenvalue weighted by atomic mass is 32.1. The zero-order valence-corrected chi connectivity index (χ0v) is 12.7. The van der Waals surface area contributed by atoms with Gasteiger partial charge in [0.15, 0.2) is 0 Å². The van der Waals surface area contributed by atoms with Gasteiger partial charge < -0.3 is 5.32 Å². The summed E-state index contributed by atoms with van der Waals surface area (Å²) in [5.74, 6) is 0.246. The molecular weight excluding hydrogens is 275 g/mol. The lowest BCUT2D eigenvalue weighted by molar-refractivity contribution is 0.614. The number of aromatic nitrogens is 3. The molecular formula is C14H19FN4S. The third-order valence-electron chi connectivity index (χ3n) is 2.86. The summed E-state index contributed by atoms with van der Waals surface area (Å²) in [6.45, 7) is 6.37. The number of anilines is 1. The summed E-state index contributed by atoms with van der Waals surface area (Å²) in [5.41, 5.74) is 0.814. The Kier molecular flexibility index (Phi) is 5.00. The van der Waals surface area contributed by atoms with Crippen molar-refractivity contribution < 1.29 is 4.39 Å². The fourth-order valence-corrected chi connectivity index (χ4v) is 2.88. The van der Waals surface area contributed by atoms with E-state index in [-0.39, 0.29) is 11.9 Å². The molecule has 1 unspecified atom stereocenters. The highest BCUT2D eigenvalue weighted by molar-refractivity contribution is 7.15. The first kappa shape index (κ1) is 14.8. The number of hydrogen-bond acceptors (Lipinski definition) is 5. The van der Waals surface area contributed by atoms with Gasteiger partial charge in [0.1, 0.15) is 10.8 Å². The van der Waals surface area contributed by atoms with Gasteiger partial charge in [0.05, 0.1) is 17.9 Å². The molecule has 0 saturated heterocycles. The maximum absolute atomic E-state index is 12.9. The number of pyridine rings is 1. The van der Waals surface area contributed by atoms with Crippen LogP contribution in [0.3, 0.4) is 0 Å². The van der Waals surface area contributed by atoms with Gasteiger partial charge in [0.25, 0.3) is 0 Å². The minimum absolute atomic E-state index is 0.0236. The monoisotopic (exact) mass is 294 g/mol. The second kappa shape index (κ2) is 6.74. The molecule has 2 heterocycles. The van der Waals surface area contributed by atoms with Crippen molar-refractivity contribution in [3.05, 3.63) is 34.8 Å². The van der Waals surface area contributed by atoms with Crippen molar-refractivity contribution in [1.29, 1.82) is 0 Å². The molecule has 0 amide bonds. The Hall–Kier alpha value is -1.56. The Labute approximate surface area is 122 Å². The average molecular weight is 294 g/mol. The second-order valence-electron chi connectivity index (χ2n) is 5.11. The van der Waals surface area contributed by atoms with E-state index in [9.17, 15) is 4.39 Å². The Morgan fingerprint density at radius 2 is 2.10 bits per heavy atom. The van der Waals surface area contributed by atoms with Gasteiger partial charge in [0.2, 0.25) is 5.13 Å². The first-order chi connectivity index (χ1) is 9.58. The van der Waals surface area contributed by atoms with Gasteiger partial charge in [-0.3, -0.25) is 4.98 Å². The van der Waals surface area contributed by atoms with Crippen LogP contribution < -0.4 is 5.32 Å². The molecule has 1 N–H and O–H groups in total. The van der Waals surface area contributed by atoms with Gasteiger partial charge in [-0.2, -0.15) is 0 Å². The van der Waals surface area contributed by atoms with Crippen LogP contribution in [0.4, 0.5) is 9.52 Å². The molecule has 0 aliphatic heterocycles. The molecule has 20 heavy (non-hydrogen) atoms. The van der Waals surface area contributed by atoms with E-state index in [0.29, 0.717) is 5.92 Å². The molecule has 0 bridgehead atoms. The highest BCUT2D eigenvalue weighted by Gasteiger charge is 2.14. The van der Waals surface area contributed by atoms with Crippen molar-refractivity contribution in [2.45, 2.75) is 39.7 Å². The fraction of sp³-hybridized carbons (Fsp3) is 0.500. The third kappa shape index (κ3) is 3.96. The molecule has 4 nitrogen and oxygen atoms in total. The van der Waals surface area contributed by atoms with Gasteiger partial charge in [-0.25, -0.2) is 4.39 Å². The number of hydrogen-bond donors (Lipinski definition) is 1. The van der Waals surface area contributed by atoms with Crippen molar-refractivity contribution >= 4 is 16.5 Å². The lowest BCUT2D eigenvalue weighted by atomic mass is 10.1. The standard InChI is InChI=1S/C14H19FN4S/c1-4-11(12-6-5-10(15)8-16-12)17-14-19-18-13(20-14)7-9(2)3/h5-6,8-9,11H,4,7H2,1-3H3,(H,17,19). The van der Waals surface area contributed by atoms with E-state index in [4.69, 9.17) is 0 Å². The highest BCUT2D eigenvalue weighted by Crippen LogP contribution is 2.24. The van der Waals surface area contributed by atoms with Gasteiger partial charge in [-0.05, 0) is 24.5 Å². The first-order valence-electron chi connectivity index (χ1n) is 6.78. The van der Waals surface area contributed by atoms with E-state index in [1.807, 2.05) is 0 Å². The van der Waals surface area contributed by atoms with Crippen LogP contribution in [-0.4, -0.2) is 15.2 Å². The van der Waals surface area contributed by atoms with Crippen LogP contribution >= 0.6 is 11.3 Å². The Morgan fingerprint density at radius 1 is 1.30 bits per heavy atom. The maximum atomic E-state index is 12.9. The lowest BCUT2D eigenvalue weighted by Gasteiger charge is -2.14. The molecule has 2 aromatic heterocycles. The summed E-state index contributed by atoms with van der Waals surface area (Å²) in [6, 6.07) is 3.15. The van der Waals surface area contributed by atoms with Crippen LogP contribution in [0.2, 0.25) is 0 Å². The third-order valence-corrected chi connectivity index (χ3v) is 3.74. The Balaban J connectivity index is 2.06. The van der Waals surface area contributed by atoms with Crippen LogP contribution in [0.25, 0.3) is 0 Å². The SMILES string of the molecule is CCC(Nc1nnc(CC(C)C)s1)c1ccc(F)cn1. The summed E-state index contributed by atoms with van der Waals surface area (Å²) in [6.07, 6.45) is 3.02. The van der Waals surface area contributed by atoms with Crippen LogP contribution in [0, 0.1) is 11.7 Å². The molecule has 0 aromatic carbocycles. The summed E-state index contributed by atoms with van der Waals surface area (Å²) >= 11 is 1.57. The van der Waals surface area contributed by atoms with Crippen molar-refractivity contribution in [3.8, 4) is 0 Å². The Morgan fingerprint density at radius 3 is 2.70 bits per heavy atom. The molecule has 6 heteroatoms. The Bertz CT molecular complexity index is 538. The predicted molar refractivity (Wildman–Crippen MR) is 79.3 cm³/mol. The lowest BCUT2D eigenvalue weighted by Crippen LogP contribution is -2.11. The molecule has 2 aromatic rings. The van der Waals surface area contributed by atoms with Crippen LogP contribution in [0.1, 0.15) is 43.9 Å². The molecule has 108 valence electrons. The number of nitrogens with one attached hydrogen (secondary N) is 1. The molecule has 1 atom stereocenters. The maximum Gasteiger partial charge on any atom is 0.206 e. The van der Waals surface area contributed by atoms with E-state index < -0.39 is 0 Å². The number of halogens is 1. The van der Waals surface area contributed by atoms with Crippen molar-refractivity contribution in [3.63, 3.8) is 0 Å². The van der Waals surface area contributed by atoms with Gasteiger partial charge in [0, 0.05) is 6.42 Å². The zero-order chi connectivity index (χ0) is 14.5. The molecule has 0 aliphatic rings. The minimum Gasteiger partial charge on any atom is -0.352 e. The van der Waals surface area contributed by atoms with Crippen molar-refractivity contribution in [2.75, 3.05) is 5.32 Å². The van der Waals surface area contributed by atoms with Crippen LogP contribution in [-0.2, 0) is 6.42 Å². The second-order valence-corrected chi connectivity index (χ2v) is 6.17. The predicted octanol–water partition coefficient (Wildman–Crippen LogP) is 3.83. The average Bonchev–Trinajstić information content (AvgIpc) is 2.83. The van der Waals surface area contributed by atoms with Gasteiger partial charge in [-0.1, -0.05) is 32.1 Å². The van der Waals surface area contributed by atoms with E-state index >= 15 is 0 Å². The van der Waals surface area contributed by atoms with E-state index in [1.54, 1.807) is 17.4 Å². The normalized spacial score (nSPS) is 12.7. The molecule has 0 aliphatic carbocycles. The largest absolute Gasteiger partial charge is 0.352 e. The quantitative estimate of drug-likeness (QED) is 0.879. The van der Waals surface area contributed by atoms with Crippen molar-refractivity contribution in [2.24, 2.45) is 5.92 Å². The minimum atomic E-state index is -0.321. The van der Waals surface area contributed by atoms with Crippen LogP contribution in [0.5, 0.6) is 0 Å². The van der Waals surface area contributed by atoms with Gasteiger partial charge >= 0.3 is 0 Å². The number of rotatable bonds is 6. The van der Waals surface area contributed by atoms with Crippen LogP contribution in [0.15, 0.2) is 18.3 Å². The molecule has 0 fully saturated rings. The zero-order valence-electron chi connectivity index (χ0n) is 11.9. The molecule has 0 radical (unpaired) electrons. The fourth-order valence-electron chi connectivity index (χ4n) is 1.87. The number of nitrogens with zero attached hydrogens (tertiary/aromatic N) is 3. The first-order valence-corrected chi connectivity index (χ1v) is 7.60. The summed E-state index contributed by atoms with van der Waals surface area (Å²) in [5, 5.41) is 13.5. The van der Waals surface area contributed by atoms with Gasteiger partial charge in [-0.15, -0.1) is 10.2 Å². The smallest absolute Gasteiger partial charge is 0.206 e. The topological polar surface area (TPSA) is 50.7 Å². The van der Waals surface area contributed by atoms with E-state index in [0.717, 1.165) is 28.7 Å². The van der Waals surface area contributed by atoms with E-state index in [1.165, 1.54) is 12.3 Å². The molecule has 0 spiro atoms. The summed E-state index contributed by atoms with van der Waals surface area (Å²) in [7, 11) is 0. The summed E-state index contributed by atoms with van der Waals surface area (Å²) < 4.78 is 12.9. The molecule has 2 rings (SSSR count).